The number of rotatable bonds is 4. The molecule has 0 atom stereocenters. The maximum Gasteiger partial charge on any atom is 0.423 e. The summed E-state index contributed by atoms with van der Waals surface area (Å²) >= 11 is 0. The maximum atomic E-state index is 12.9. The van der Waals surface area contributed by atoms with Gasteiger partial charge in [0.25, 0.3) is 0 Å². The first-order valence-electron chi connectivity index (χ1n) is 6.69. The Hall–Kier alpha value is -2.31. The lowest BCUT2D eigenvalue weighted by Gasteiger charge is -2.22. The molecule has 22 heavy (non-hydrogen) atoms. The lowest BCUT2D eigenvalue weighted by atomic mass is 10.2. The van der Waals surface area contributed by atoms with E-state index in [-0.39, 0.29) is 5.95 Å². The summed E-state index contributed by atoms with van der Waals surface area (Å²) in [5.74, 6) is -0.318. The quantitative estimate of drug-likeness (QED) is 0.856. The van der Waals surface area contributed by atoms with E-state index in [4.69, 9.17) is 4.74 Å². The van der Waals surface area contributed by atoms with Crippen molar-refractivity contribution < 1.29 is 17.9 Å². The van der Waals surface area contributed by atoms with E-state index in [9.17, 15) is 13.2 Å². The van der Waals surface area contributed by atoms with Gasteiger partial charge < -0.3 is 9.64 Å². The molecule has 1 aromatic heterocycles. The molecule has 0 spiro atoms. The smallest absolute Gasteiger partial charge is 0.423 e. The summed E-state index contributed by atoms with van der Waals surface area (Å²) in [5.41, 5.74) is 0.859. The third-order valence-electron chi connectivity index (χ3n) is 3.11. The van der Waals surface area contributed by atoms with E-state index in [0.717, 1.165) is 24.6 Å². The normalized spacial score (nSPS) is 11.4. The number of aromatic nitrogens is 2. The Morgan fingerprint density at radius 1 is 1.27 bits per heavy atom. The van der Waals surface area contributed by atoms with Gasteiger partial charge in [-0.1, -0.05) is 12.1 Å². The number of ether oxygens (including phenoxy) is 1. The first-order chi connectivity index (χ1) is 10.4. The van der Waals surface area contributed by atoms with E-state index in [1.165, 1.54) is 0 Å². The number of hydrogen-bond donors (Lipinski definition) is 0. The van der Waals surface area contributed by atoms with Gasteiger partial charge >= 0.3 is 6.18 Å². The summed E-state index contributed by atoms with van der Waals surface area (Å²) in [5, 5.41) is 0. The number of halogens is 3. The van der Waals surface area contributed by atoms with E-state index >= 15 is 0 Å². The Balaban J connectivity index is 2.47. The van der Waals surface area contributed by atoms with Crippen LogP contribution in [0.2, 0.25) is 0 Å². The molecule has 0 fully saturated rings. The van der Waals surface area contributed by atoms with Crippen molar-refractivity contribution in [2.75, 3.05) is 18.6 Å². The number of benzene rings is 1. The molecule has 0 aliphatic heterocycles. The summed E-state index contributed by atoms with van der Waals surface area (Å²) in [6.07, 6.45) is -3.80. The molecule has 0 unspecified atom stereocenters. The highest BCUT2D eigenvalue weighted by molar-refractivity contribution is 5.58. The van der Waals surface area contributed by atoms with Crippen molar-refractivity contribution in [2.24, 2.45) is 0 Å². The van der Waals surface area contributed by atoms with Gasteiger partial charge in [-0.2, -0.15) is 18.2 Å². The van der Waals surface area contributed by atoms with Crippen LogP contribution in [0.5, 0.6) is 5.88 Å². The highest BCUT2D eigenvalue weighted by Gasteiger charge is 2.36. The first kappa shape index (κ1) is 16.1. The SMILES string of the molecule is CCN(c1cccc(C)c1)c1ncc(C(F)(F)F)c(OC)n1. The van der Waals surface area contributed by atoms with Crippen LogP contribution < -0.4 is 9.64 Å². The van der Waals surface area contributed by atoms with E-state index in [2.05, 4.69) is 9.97 Å². The molecule has 0 aliphatic carbocycles. The topological polar surface area (TPSA) is 38.2 Å². The molecule has 0 N–H and O–H groups in total. The van der Waals surface area contributed by atoms with Gasteiger partial charge in [0, 0.05) is 18.4 Å². The highest BCUT2D eigenvalue weighted by Crippen LogP contribution is 2.36. The van der Waals surface area contributed by atoms with E-state index in [1.807, 2.05) is 38.1 Å². The molecule has 0 radical (unpaired) electrons. The van der Waals surface area contributed by atoms with Crippen molar-refractivity contribution in [3.8, 4) is 5.88 Å². The first-order valence-corrected chi connectivity index (χ1v) is 6.69. The summed E-state index contributed by atoms with van der Waals surface area (Å²) < 4.78 is 43.3. The van der Waals surface area contributed by atoms with Crippen molar-refractivity contribution in [3.63, 3.8) is 0 Å². The standard InChI is InChI=1S/C15H16F3N3O/c1-4-21(11-7-5-6-10(2)8-11)14-19-9-12(15(16,17)18)13(20-14)22-3/h5-9H,4H2,1-3H3. The zero-order valence-electron chi connectivity index (χ0n) is 12.5. The molecule has 2 aromatic rings. The Bertz CT molecular complexity index is 659. The predicted octanol–water partition coefficient (Wildman–Crippen LogP) is 3.97. The van der Waals surface area contributed by atoms with Crippen molar-refractivity contribution in [2.45, 2.75) is 20.0 Å². The molecule has 0 aliphatic rings. The second-order valence-electron chi connectivity index (χ2n) is 4.67. The van der Waals surface area contributed by atoms with Gasteiger partial charge in [0.2, 0.25) is 11.8 Å². The van der Waals surface area contributed by atoms with Crippen molar-refractivity contribution in [3.05, 3.63) is 41.6 Å². The number of aryl methyl sites for hydroxylation is 1. The number of methoxy groups -OCH3 is 1. The van der Waals surface area contributed by atoms with Crippen LogP contribution in [0.15, 0.2) is 30.5 Å². The zero-order chi connectivity index (χ0) is 16.3. The lowest BCUT2D eigenvalue weighted by molar-refractivity contribution is -0.139. The zero-order valence-corrected chi connectivity index (χ0v) is 12.5. The maximum absolute atomic E-state index is 12.9. The van der Waals surface area contributed by atoms with E-state index in [0.29, 0.717) is 6.54 Å². The summed E-state index contributed by atoms with van der Waals surface area (Å²) in [6, 6.07) is 7.57. The molecule has 118 valence electrons. The summed E-state index contributed by atoms with van der Waals surface area (Å²) in [6.45, 7) is 4.32. The van der Waals surface area contributed by atoms with Gasteiger partial charge in [0.1, 0.15) is 5.56 Å². The third-order valence-corrected chi connectivity index (χ3v) is 3.11. The molecule has 0 saturated heterocycles. The van der Waals surface area contributed by atoms with Crippen LogP contribution in [-0.4, -0.2) is 23.6 Å². The molecule has 0 amide bonds. The summed E-state index contributed by atoms with van der Waals surface area (Å²) in [7, 11) is 1.16. The molecule has 1 aromatic carbocycles. The van der Waals surface area contributed by atoms with Crippen molar-refractivity contribution in [1.82, 2.24) is 9.97 Å². The van der Waals surface area contributed by atoms with Crippen LogP contribution in [0.25, 0.3) is 0 Å². The Morgan fingerprint density at radius 2 is 2.00 bits per heavy atom. The second kappa shape index (κ2) is 6.21. The molecule has 4 nitrogen and oxygen atoms in total. The van der Waals surface area contributed by atoms with Gasteiger partial charge in [0.05, 0.1) is 7.11 Å². The van der Waals surface area contributed by atoms with Crippen LogP contribution in [0, 0.1) is 6.92 Å². The monoisotopic (exact) mass is 311 g/mol. The fourth-order valence-corrected chi connectivity index (χ4v) is 2.07. The number of anilines is 2. The van der Waals surface area contributed by atoms with Crippen molar-refractivity contribution in [1.29, 1.82) is 0 Å². The summed E-state index contributed by atoms with van der Waals surface area (Å²) in [4.78, 5) is 9.47. The number of nitrogens with zero attached hydrogens (tertiary/aromatic N) is 3. The van der Waals surface area contributed by atoms with Gasteiger partial charge in [0.15, 0.2) is 0 Å². The van der Waals surface area contributed by atoms with Crippen LogP contribution in [0.1, 0.15) is 18.1 Å². The molecule has 7 heteroatoms. The molecule has 2 rings (SSSR count). The number of alkyl halides is 3. The molecule has 1 heterocycles. The minimum absolute atomic E-state index is 0.165. The number of hydrogen-bond acceptors (Lipinski definition) is 4. The predicted molar refractivity (Wildman–Crippen MR) is 77.4 cm³/mol. The minimum Gasteiger partial charge on any atom is -0.480 e. The molecular weight excluding hydrogens is 295 g/mol. The fourth-order valence-electron chi connectivity index (χ4n) is 2.07. The minimum atomic E-state index is -4.55. The van der Waals surface area contributed by atoms with Gasteiger partial charge in [-0.05, 0) is 31.5 Å². The lowest BCUT2D eigenvalue weighted by Crippen LogP contribution is -2.20. The Morgan fingerprint density at radius 3 is 2.55 bits per heavy atom. The Kier molecular flexibility index (Phi) is 4.54. The van der Waals surface area contributed by atoms with Crippen LogP contribution >= 0.6 is 0 Å². The average Bonchev–Trinajstić information content (AvgIpc) is 2.47. The van der Waals surface area contributed by atoms with Gasteiger partial charge in [-0.25, -0.2) is 4.98 Å². The largest absolute Gasteiger partial charge is 0.480 e. The highest BCUT2D eigenvalue weighted by atomic mass is 19.4. The van der Waals surface area contributed by atoms with Crippen LogP contribution in [-0.2, 0) is 6.18 Å². The third kappa shape index (κ3) is 3.29. The van der Waals surface area contributed by atoms with Gasteiger partial charge in [-0.3, -0.25) is 0 Å². The average molecular weight is 311 g/mol. The van der Waals surface area contributed by atoms with E-state index in [1.54, 1.807) is 4.90 Å². The van der Waals surface area contributed by atoms with E-state index < -0.39 is 17.6 Å². The van der Waals surface area contributed by atoms with Crippen LogP contribution in [0.4, 0.5) is 24.8 Å². The molecular formula is C15H16F3N3O. The van der Waals surface area contributed by atoms with Crippen LogP contribution in [0.3, 0.4) is 0 Å². The Labute approximate surface area is 126 Å². The van der Waals surface area contributed by atoms with Crippen molar-refractivity contribution >= 4 is 11.6 Å². The molecule has 0 bridgehead atoms. The molecule has 0 saturated carbocycles. The second-order valence-corrected chi connectivity index (χ2v) is 4.67. The van der Waals surface area contributed by atoms with Gasteiger partial charge in [-0.15, -0.1) is 0 Å². The fraction of sp³-hybridized carbons (Fsp3) is 0.333.